The van der Waals surface area contributed by atoms with Crippen LogP contribution in [0.3, 0.4) is 0 Å². The molecule has 4 saturated carbocycles. The van der Waals surface area contributed by atoms with E-state index in [0.29, 0.717) is 25.2 Å². The summed E-state index contributed by atoms with van der Waals surface area (Å²) in [7, 11) is -4.71. The summed E-state index contributed by atoms with van der Waals surface area (Å²) in [6, 6.07) is 0. The largest absolute Gasteiger partial charge is 0.470 e. The number of aliphatic hydroxyl groups is 1. The zero-order valence-electron chi connectivity index (χ0n) is 18.6. The van der Waals surface area contributed by atoms with Crippen LogP contribution >= 0.6 is 7.82 Å². The van der Waals surface area contributed by atoms with Gasteiger partial charge in [0.25, 0.3) is 0 Å². The standard InChI is InChI=1S/C22H34F3O6P/c1-19-9-10-21(27,22(23,24)25)11-13(19)3-4-14-15-5-6-17(18(26)12-31-32(28,29)30)20(15,2)8-7-16(14)19/h13-17,27H,3-12H2,1-2H3,(H2,28,29,30)/t13?,14-,15-,16-,17+,19-,20-,21?/m0/s1. The van der Waals surface area contributed by atoms with Crippen molar-refractivity contribution >= 4 is 13.6 Å². The highest BCUT2D eigenvalue weighted by Gasteiger charge is 2.65. The van der Waals surface area contributed by atoms with Crippen LogP contribution < -0.4 is 0 Å². The quantitative estimate of drug-likeness (QED) is 0.506. The topological polar surface area (TPSA) is 104 Å². The van der Waals surface area contributed by atoms with Crippen LogP contribution in [0.2, 0.25) is 0 Å². The van der Waals surface area contributed by atoms with Crippen molar-refractivity contribution in [3.63, 3.8) is 0 Å². The summed E-state index contributed by atoms with van der Waals surface area (Å²) < 4.78 is 55.9. The monoisotopic (exact) mass is 482 g/mol. The highest BCUT2D eigenvalue weighted by Crippen LogP contribution is 2.68. The number of halogens is 3. The molecule has 4 aliphatic carbocycles. The number of Topliss-reactive ketones (excluding diaryl/α,β-unsaturated/α-hetero) is 1. The number of hydrogen-bond acceptors (Lipinski definition) is 4. The maximum atomic E-state index is 13.5. The third-order valence-electron chi connectivity index (χ3n) is 10.0. The summed E-state index contributed by atoms with van der Waals surface area (Å²) in [6.07, 6.45) is -0.161. The molecule has 0 aromatic carbocycles. The minimum Gasteiger partial charge on any atom is -0.380 e. The molecule has 0 amide bonds. The molecule has 4 rings (SSSR count). The Morgan fingerprint density at radius 1 is 1.00 bits per heavy atom. The van der Waals surface area contributed by atoms with Gasteiger partial charge in [-0.1, -0.05) is 13.8 Å². The fourth-order valence-corrected chi connectivity index (χ4v) is 8.58. The molecular formula is C22H34F3O6P. The first kappa shape index (κ1) is 24.6. The normalized spacial score (nSPS) is 46.8. The van der Waals surface area contributed by atoms with E-state index < -0.39 is 26.2 Å². The molecule has 4 fully saturated rings. The molecule has 184 valence electrons. The number of rotatable bonds is 4. The fraction of sp³-hybridized carbons (Fsp3) is 0.955. The van der Waals surface area contributed by atoms with E-state index in [4.69, 9.17) is 9.79 Å². The molecule has 8 atom stereocenters. The third kappa shape index (κ3) is 3.90. The van der Waals surface area contributed by atoms with Crippen molar-refractivity contribution in [2.75, 3.05) is 6.61 Å². The van der Waals surface area contributed by atoms with E-state index in [9.17, 15) is 27.6 Å². The minimum absolute atomic E-state index is 0.163. The highest BCUT2D eigenvalue weighted by atomic mass is 31.2. The van der Waals surface area contributed by atoms with Gasteiger partial charge in [-0.3, -0.25) is 9.32 Å². The van der Waals surface area contributed by atoms with E-state index in [1.807, 2.05) is 0 Å². The Bertz CT molecular complexity index is 814. The number of phosphoric ester groups is 1. The van der Waals surface area contributed by atoms with Crippen molar-refractivity contribution in [1.29, 1.82) is 0 Å². The van der Waals surface area contributed by atoms with Gasteiger partial charge in [0.2, 0.25) is 0 Å². The molecule has 0 heterocycles. The van der Waals surface area contributed by atoms with Crippen LogP contribution in [0.25, 0.3) is 0 Å². The average molecular weight is 482 g/mol. The number of hydrogen-bond donors (Lipinski definition) is 3. The number of phosphoric acid groups is 1. The van der Waals surface area contributed by atoms with E-state index in [1.165, 1.54) is 0 Å². The molecule has 0 aromatic rings. The minimum atomic E-state index is -4.71. The first-order valence-electron chi connectivity index (χ1n) is 11.6. The molecule has 32 heavy (non-hydrogen) atoms. The van der Waals surface area contributed by atoms with Crippen molar-refractivity contribution in [1.82, 2.24) is 0 Å². The second-order valence-corrected chi connectivity index (χ2v) is 12.5. The van der Waals surface area contributed by atoms with Crippen LogP contribution in [0.5, 0.6) is 0 Å². The molecule has 2 unspecified atom stereocenters. The molecule has 0 spiro atoms. The number of carbonyl (C=O) groups is 1. The zero-order valence-corrected chi connectivity index (χ0v) is 19.5. The molecular weight excluding hydrogens is 448 g/mol. The van der Waals surface area contributed by atoms with Crippen molar-refractivity contribution < 1.29 is 41.9 Å². The van der Waals surface area contributed by atoms with Gasteiger partial charge in [-0.15, -0.1) is 0 Å². The number of ketones is 1. The average Bonchev–Trinajstić information content (AvgIpc) is 3.02. The molecule has 0 aromatic heterocycles. The molecule has 0 aliphatic heterocycles. The van der Waals surface area contributed by atoms with E-state index in [-0.39, 0.29) is 53.1 Å². The maximum absolute atomic E-state index is 13.5. The van der Waals surface area contributed by atoms with E-state index >= 15 is 0 Å². The summed E-state index contributed by atoms with van der Waals surface area (Å²) in [5.74, 6) is 0.122. The van der Waals surface area contributed by atoms with Gasteiger partial charge in [0.05, 0.1) is 0 Å². The van der Waals surface area contributed by atoms with Crippen LogP contribution in [0, 0.1) is 40.4 Å². The van der Waals surface area contributed by atoms with Crippen LogP contribution in [-0.2, 0) is 13.9 Å². The summed E-state index contributed by atoms with van der Waals surface area (Å²) in [4.78, 5) is 30.6. The lowest BCUT2D eigenvalue weighted by atomic mass is 9.43. The lowest BCUT2D eigenvalue weighted by Crippen LogP contribution is -2.59. The van der Waals surface area contributed by atoms with Gasteiger partial charge >= 0.3 is 14.0 Å². The molecule has 0 bridgehead atoms. The maximum Gasteiger partial charge on any atom is 0.470 e. The predicted octanol–water partition coefficient (Wildman–Crippen LogP) is 4.62. The summed E-state index contributed by atoms with van der Waals surface area (Å²) in [5, 5.41) is 10.3. The van der Waals surface area contributed by atoms with Crippen LogP contribution in [0.1, 0.15) is 71.6 Å². The van der Waals surface area contributed by atoms with E-state index in [0.717, 1.165) is 25.7 Å². The number of fused-ring (bicyclic) bond motifs is 5. The zero-order chi connectivity index (χ0) is 23.7. The second kappa shape index (κ2) is 7.77. The van der Waals surface area contributed by atoms with Gasteiger partial charge < -0.3 is 14.9 Å². The lowest BCUT2D eigenvalue weighted by molar-refractivity contribution is -0.290. The molecule has 3 N–H and O–H groups in total. The van der Waals surface area contributed by atoms with Crippen LogP contribution in [-0.4, -0.2) is 39.1 Å². The second-order valence-electron chi connectivity index (χ2n) is 11.3. The Labute approximate surface area is 186 Å². The Balaban J connectivity index is 1.51. The smallest absolute Gasteiger partial charge is 0.380 e. The van der Waals surface area contributed by atoms with E-state index in [2.05, 4.69) is 18.4 Å². The Kier molecular flexibility index (Phi) is 5.99. The summed E-state index contributed by atoms with van der Waals surface area (Å²) >= 11 is 0. The lowest BCUT2D eigenvalue weighted by Gasteiger charge is -2.62. The van der Waals surface area contributed by atoms with Crippen molar-refractivity contribution in [3.05, 3.63) is 0 Å². The molecule has 10 heteroatoms. The highest BCUT2D eigenvalue weighted by molar-refractivity contribution is 7.46. The third-order valence-corrected chi connectivity index (χ3v) is 10.5. The first-order valence-corrected chi connectivity index (χ1v) is 13.2. The number of alkyl halides is 3. The van der Waals surface area contributed by atoms with E-state index in [1.54, 1.807) is 0 Å². The van der Waals surface area contributed by atoms with Crippen LogP contribution in [0.4, 0.5) is 13.2 Å². The molecule has 0 radical (unpaired) electrons. The van der Waals surface area contributed by atoms with Gasteiger partial charge in [0, 0.05) is 5.92 Å². The molecule has 6 nitrogen and oxygen atoms in total. The molecule has 0 saturated heterocycles. The summed E-state index contributed by atoms with van der Waals surface area (Å²) in [5.41, 5.74) is -3.11. The van der Waals surface area contributed by atoms with Gasteiger partial charge in [-0.05, 0) is 92.3 Å². The Morgan fingerprint density at radius 3 is 2.28 bits per heavy atom. The first-order chi connectivity index (χ1) is 14.6. The summed E-state index contributed by atoms with van der Waals surface area (Å²) in [6.45, 7) is 3.61. The predicted molar refractivity (Wildman–Crippen MR) is 109 cm³/mol. The van der Waals surface area contributed by atoms with Gasteiger partial charge in [0.1, 0.15) is 6.61 Å². The Hall–Kier alpha value is -0.470. The van der Waals surface area contributed by atoms with Gasteiger partial charge in [-0.25, -0.2) is 4.57 Å². The molecule has 4 aliphatic rings. The SMILES string of the molecule is C[C@]12CC[C@H]3[C@@H](CCC4CC(O)(C(F)(F)F)CC[C@@]43C)[C@@H]1CC[C@@H]2C(=O)COP(=O)(O)O. The van der Waals surface area contributed by atoms with Gasteiger partial charge in [-0.2, -0.15) is 13.2 Å². The Morgan fingerprint density at radius 2 is 1.66 bits per heavy atom. The van der Waals surface area contributed by atoms with Crippen molar-refractivity contribution in [2.24, 2.45) is 40.4 Å². The number of carbonyl (C=O) groups excluding carboxylic acids is 1. The fourth-order valence-electron chi connectivity index (χ4n) is 8.28. The van der Waals surface area contributed by atoms with Crippen molar-refractivity contribution in [3.8, 4) is 0 Å². The van der Waals surface area contributed by atoms with Gasteiger partial charge in [0.15, 0.2) is 11.4 Å². The van der Waals surface area contributed by atoms with Crippen LogP contribution in [0.15, 0.2) is 0 Å². The van der Waals surface area contributed by atoms with Crippen molar-refractivity contribution in [2.45, 2.75) is 83.4 Å².